The minimum absolute atomic E-state index is 0.353. The number of pyridine rings is 1. The molecule has 0 aliphatic heterocycles. The minimum Gasteiger partial charge on any atom is -0.384 e. The van der Waals surface area contributed by atoms with Gasteiger partial charge in [-0.05, 0) is 12.1 Å². The van der Waals surface area contributed by atoms with Gasteiger partial charge in [0.1, 0.15) is 11.0 Å². The first-order chi connectivity index (χ1) is 9.70. The first-order valence-electron chi connectivity index (χ1n) is 5.98. The fourth-order valence-electron chi connectivity index (χ4n) is 1.81. The topological polar surface area (TPSA) is 64.7 Å². The molecule has 0 bridgehead atoms. The molecule has 0 aliphatic rings. The average Bonchev–Trinajstić information content (AvgIpc) is 2.44. The Hall–Kier alpha value is -1.85. The van der Waals surface area contributed by atoms with Crippen LogP contribution in [0.15, 0.2) is 47.6 Å². The number of rotatable bonds is 3. The first-order valence-corrected chi connectivity index (χ1v) is 7.34. The summed E-state index contributed by atoms with van der Waals surface area (Å²) in [5, 5.41) is 2.04. The van der Waals surface area contributed by atoms with Crippen molar-refractivity contribution in [2.75, 3.05) is 5.73 Å². The lowest BCUT2D eigenvalue weighted by molar-refractivity contribution is 0.974. The van der Waals surface area contributed by atoms with E-state index in [4.69, 9.17) is 17.3 Å². The third-order valence-electron chi connectivity index (χ3n) is 2.70. The summed E-state index contributed by atoms with van der Waals surface area (Å²) in [6.07, 6.45) is 0. The molecule has 2 aromatic heterocycles. The van der Waals surface area contributed by atoms with Crippen LogP contribution in [-0.2, 0) is 5.75 Å². The van der Waals surface area contributed by atoms with Gasteiger partial charge >= 0.3 is 0 Å². The molecule has 0 radical (unpaired) electrons. The second-order valence-corrected chi connectivity index (χ2v) is 5.51. The Morgan fingerprint density at radius 1 is 1.05 bits per heavy atom. The van der Waals surface area contributed by atoms with Gasteiger partial charge in [-0.3, -0.25) is 4.98 Å². The Balaban J connectivity index is 1.79. The number of nitrogens with zero attached hydrogens (tertiary/aromatic N) is 3. The van der Waals surface area contributed by atoms with Gasteiger partial charge in [-0.1, -0.05) is 47.6 Å². The van der Waals surface area contributed by atoms with Crippen LogP contribution in [-0.4, -0.2) is 15.0 Å². The van der Waals surface area contributed by atoms with E-state index in [1.807, 2.05) is 30.3 Å². The maximum Gasteiger partial charge on any atom is 0.191 e. The molecular weight excluding hydrogens is 292 g/mol. The van der Waals surface area contributed by atoms with Crippen LogP contribution in [0.2, 0.25) is 5.15 Å². The summed E-state index contributed by atoms with van der Waals surface area (Å²) in [4.78, 5) is 12.8. The molecule has 100 valence electrons. The van der Waals surface area contributed by atoms with E-state index in [1.165, 1.54) is 17.8 Å². The number of anilines is 1. The Morgan fingerprint density at radius 2 is 1.90 bits per heavy atom. The van der Waals surface area contributed by atoms with Gasteiger partial charge in [0.2, 0.25) is 0 Å². The van der Waals surface area contributed by atoms with Gasteiger partial charge in [-0.2, -0.15) is 0 Å². The van der Waals surface area contributed by atoms with E-state index in [0.29, 0.717) is 21.9 Å². The average molecular weight is 303 g/mol. The third kappa shape index (κ3) is 3.00. The van der Waals surface area contributed by atoms with Gasteiger partial charge in [-0.15, -0.1) is 0 Å². The number of hydrogen-bond acceptors (Lipinski definition) is 5. The molecule has 2 heterocycles. The van der Waals surface area contributed by atoms with Crippen LogP contribution in [0.25, 0.3) is 10.9 Å². The zero-order valence-electron chi connectivity index (χ0n) is 10.5. The van der Waals surface area contributed by atoms with Crippen molar-refractivity contribution in [3.05, 3.63) is 53.3 Å². The first kappa shape index (κ1) is 13.1. The largest absolute Gasteiger partial charge is 0.384 e. The van der Waals surface area contributed by atoms with Crippen molar-refractivity contribution in [3.8, 4) is 0 Å². The van der Waals surface area contributed by atoms with Crippen LogP contribution in [0.5, 0.6) is 0 Å². The van der Waals surface area contributed by atoms with Crippen molar-refractivity contribution in [1.82, 2.24) is 15.0 Å². The number of nitrogen functional groups attached to an aromatic ring is 1. The molecule has 0 amide bonds. The number of fused-ring (bicyclic) bond motifs is 1. The molecule has 0 atom stereocenters. The predicted octanol–water partition coefficient (Wildman–Crippen LogP) is 3.55. The van der Waals surface area contributed by atoms with Crippen LogP contribution < -0.4 is 5.73 Å². The summed E-state index contributed by atoms with van der Waals surface area (Å²) in [6.45, 7) is 0. The van der Waals surface area contributed by atoms with E-state index in [0.717, 1.165) is 16.6 Å². The van der Waals surface area contributed by atoms with Crippen molar-refractivity contribution in [2.45, 2.75) is 10.9 Å². The van der Waals surface area contributed by atoms with Crippen LogP contribution >= 0.6 is 23.4 Å². The molecule has 0 saturated heterocycles. The maximum absolute atomic E-state index is 5.85. The molecule has 2 N–H and O–H groups in total. The summed E-state index contributed by atoms with van der Waals surface area (Å²) < 4.78 is 0. The van der Waals surface area contributed by atoms with Gasteiger partial charge in [0, 0.05) is 17.2 Å². The molecule has 6 heteroatoms. The van der Waals surface area contributed by atoms with Gasteiger partial charge in [0.15, 0.2) is 5.16 Å². The molecule has 0 aliphatic carbocycles. The second kappa shape index (κ2) is 5.64. The number of para-hydroxylation sites is 1. The van der Waals surface area contributed by atoms with Gasteiger partial charge in [0.05, 0.1) is 11.2 Å². The van der Waals surface area contributed by atoms with Gasteiger partial charge < -0.3 is 5.73 Å². The monoisotopic (exact) mass is 302 g/mol. The molecule has 1 aromatic carbocycles. The van der Waals surface area contributed by atoms with E-state index < -0.39 is 0 Å². The smallest absolute Gasteiger partial charge is 0.191 e. The number of hydrogen-bond donors (Lipinski definition) is 1. The van der Waals surface area contributed by atoms with Gasteiger partial charge in [-0.25, -0.2) is 9.97 Å². The van der Waals surface area contributed by atoms with Crippen molar-refractivity contribution in [2.24, 2.45) is 0 Å². The van der Waals surface area contributed by atoms with E-state index in [-0.39, 0.29) is 0 Å². The van der Waals surface area contributed by atoms with Crippen molar-refractivity contribution in [1.29, 1.82) is 0 Å². The van der Waals surface area contributed by atoms with Gasteiger partial charge in [0.25, 0.3) is 0 Å². The Kier molecular flexibility index (Phi) is 3.71. The summed E-state index contributed by atoms with van der Waals surface area (Å²) >= 11 is 7.31. The predicted molar refractivity (Wildman–Crippen MR) is 82.8 cm³/mol. The standard InChI is InChI=1S/C14H11ClN4S/c15-12-7-13(16)19-14(18-12)20-8-10-6-5-9-3-1-2-4-11(9)17-10/h1-7H,8H2,(H2,16,18,19). The molecule has 3 aromatic rings. The number of thioether (sulfide) groups is 1. The minimum atomic E-state index is 0.353. The van der Waals surface area contributed by atoms with Crippen molar-refractivity contribution >= 4 is 40.1 Å². The summed E-state index contributed by atoms with van der Waals surface area (Å²) in [5.41, 5.74) is 7.59. The summed E-state index contributed by atoms with van der Waals surface area (Å²) in [7, 11) is 0. The zero-order valence-corrected chi connectivity index (χ0v) is 12.0. The maximum atomic E-state index is 5.85. The molecule has 20 heavy (non-hydrogen) atoms. The lowest BCUT2D eigenvalue weighted by atomic mass is 10.2. The Bertz CT molecular complexity index is 743. The lowest BCUT2D eigenvalue weighted by Crippen LogP contribution is -1.95. The molecule has 3 rings (SSSR count). The Morgan fingerprint density at radius 3 is 2.75 bits per heavy atom. The van der Waals surface area contributed by atoms with Crippen LogP contribution in [0.1, 0.15) is 5.69 Å². The molecule has 0 saturated carbocycles. The van der Waals surface area contributed by atoms with E-state index in [1.54, 1.807) is 0 Å². The normalized spacial score (nSPS) is 10.8. The fraction of sp³-hybridized carbons (Fsp3) is 0.0714. The van der Waals surface area contributed by atoms with Crippen molar-refractivity contribution < 1.29 is 0 Å². The number of aromatic nitrogens is 3. The van der Waals surface area contributed by atoms with E-state index in [9.17, 15) is 0 Å². The molecule has 0 unspecified atom stereocenters. The highest BCUT2D eigenvalue weighted by Gasteiger charge is 2.04. The highest BCUT2D eigenvalue weighted by atomic mass is 35.5. The summed E-state index contributed by atoms with van der Waals surface area (Å²) in [5.74, 6) is 1.05. The third-order valence-corrected chi connectivity index (χ3v) is 3.77. The zero-order chi connectivity index (χ0) is 13.9. The van der Waals surface area contributed by atoms with Crippen LogP contribution in [0.4, 0.5) is 5.82 Å². The number of nitrogens with two attached hydrogens (primary N) is 1. The molecule has 4 nitrogen and oxygen atoms in total. The highest BCUT2D eigenvalue weighted by Crippen LogP contribution is 2.22. The molecular formula is C14H11ClN4S. The van der Waals surface area contributed by atoms with Crippen LogP contribution in [0, 0.1) is 0 Å². The lowest BCUT2D eigenvalue weighted by Gasteiger charge is -2.03. The van der Waals surface area contributed by atoms with E-state index in [2.05, 4.69) is 21.0 Å². The second-order valence-electron chi connectivity index (χ2n) is 4.18. The fourth-order valence-corrected chi connectivity index (χ4v) is 2.82. The van der Waals surface area contributed by atoms with Crippen LogP contribution in [0.3, 0.4) is 0 Å². The SMILES string of the molecule is Nc1cc(Cl)nc(SCc2ccc3ccccc3n2)n1. The van der Waals surface area contributed by atoms with E-state index >= 15 is 0 Å². The Labute approximate surface area is 125 Å². The van der Waals surface area contributed by atoms with Crippen molar-refractivity contribution in [3.63, 3.8) is 0 Å². The highest BCUT2D eigenvalue weighted by molar-refractivity contribution is 7.98. The number of benzene rings is 1. The molecule has 0 fully saturated rings. The quantitative estimate of drug-likeness (QED) is 0.455. The number of halogens is 1. The molecule has 0 spiro atoms. The summed E-state index contributed by atoms with van der Waals surface area (Å²) in [6, 6.07) is 13.6.